The van der Waals surface area contributed by atoms with Crippen molar-refractivity contribution in [3.8, 4) is 6.01 Å². The number of anilines is 1. The predicted octanol–water partition coefficient (Wildman–Crippen LogP) is 2.64. The summed E-state index contributed by atoms with van der Waals surface area (Å²) in [6.07, 6.45) is -0.832. The first-order valence-electron chi connectivity index (χ1n) is 7.52. The van der Waals surface area contributed by atoms with Gasteiger partial charge in [0.2, 0.25) is 0 Å². The molecule has 2 aromatic heterocycles. The van der Waals surface area contributed by atoms with E-state index < -0.39 is 11.9 Å². The zero-order valence-corrected chi connectivity index (χ0v) is 13.0. The van der Waals surface area contributed by atoms with E-state index in [9.17, 15) is 13.2 Å². The highest BCUT2D eigenvalue weighted by atomic mass is 19.4. The van der Waals surface area contributed by atoms with Crippen molar-refractivity contribution in [1.82, 2.24) is 19.9 Å². The van der Waals surface area contributed by atoms with Gasteiger partial charge in [-0.25, -0.2) is 15.0 Å². The molecule has 1 saturated heterocycles. The van der Waals surface area contributed by atoms with Gasteiger partial charge in [-0.2, -0.15) is 18.2 Å². The number of ether oxygens (including phenoxy) is 1. The first-order valence-corrected chi connectivity index (χ1v) is 7.52. The Bertz CT molecular complexity index is 702. The van der Waals surface area contributed by atoms with E-state index in [1.54, 1.807) is 0 Å². The first kappa shape index (κ1) is 16.4. The molecule has 128 valence electrons. The molecule has 6 nitrogen and oxygen atoms in total. The van der Waals surface area contributed by atoms with Crippen molar-refractivity contribution in [3.63, 3.8) is 0 Å². The summed E-state index contributed by atoms with van der Waals surface area (Å²) in [5.41, 5.74) is -0.114. The number of hydrogen-bond donors (Lipinski definition) is 0. The molecule has 3 heterocycles. The van der Waals surface area contributed by atoms with Gasteiger partial charge in [0.15, 0.2) is 5.69 Å². The molecule has 1 aliphatic rings. The monoisotopic (exact) mass is 339 g/mol. The minimum absolute atomic E-state index is 0.215. The van der Waals surface area contributed by atoms with Gasteiger partial charge in [-0.3, -0.25) is 0 Å². The Morgan fingerprint density at radius 2 is 1.92 bits per heavy atom. The number of piperidine rings is 1. The molecule has 0 spiro atoms. The standard InChI is InChI=1S/C15H16F3N5O/c1-10-8-13(21-9-20-10)23-6-3-11(4-7-23)24-14-19-5-2-12(22-14)15(16,17)18/h2,5,8-9,11H,3-4,6-7H2,1H3. The van der Waals surface area contributed by atoms with Gasteiger partial charge in [-0.15, -0.1) is 0 Å². The van der Waals surface area contributed by atoms with Gasteiger partial charge in [0, 0.05) is 43.9 Å². The normalized spacial score (nSPS) is 16.2. The number of hydrogen-bond acceptors (Lipinski definition) is 6. The van der Waals surface area contributed by atoms with E-state index in [0.29, 0.717) is 25.9 Å². The van der Waals surface area contributed by atoms with E-state index in [1.165, 1.54) is 6.33 Å². The van der Waals surface area contributed by atoms with Crippen molar-refractivity contribution in [3.05, 3.63) is 36.0 Å². The Labute approximate surface area is 136 Å². The topological polar surface area (TPSA) is 64.0 Å². The van der Waals surface area contributed by atoms with Gasteiger partial charge in [0.1, 0.15) is 18.2 Å². The summed E-state index contributed by atoms with van der Waals surface area (Å²) in [7, 11) is 0. The van der Waals surface area contributed by atoms with Crippen LogP contribution in [0.4, 0.5) is 19.0 Å². The van der Waals surface area contributed by atoms with Crippen LogP contribution in [0.5, 0.6) is 6.01 Å². The minimum atomic E-state index is -4.50. The molecule has 0 saturated carbocycles. The predicted molar refractivity (Wildman–Crippen MR) is 79.7 cm³/mol. The molecular weight excluding hydrogens is 323 g/mol. The van der Waals surface area contributed by atoms with Crippen LogP contribution < -0.4 is 9.64 Å². The van der Waals surface area contributed by atoms with Crippen LogP contribution in [0.25, 0.3) is 0 Å². The lowest BCUT2D eigenvalue weighted by Crippen LogP contribution is -2.39. The molecule has 0 amide bonds. The van der Waals surface area contributed by atoms with Crippen LogP contribution in [0.2, 0.25) is 0 Å². The lowest BCUT2D eigenvalue weighted by atomic mass is 10.1. The number of aromatic nitrogens is 4. The van der Waals surface area contributed by atoms with E-state index in [0.717, 1.165) is 23.8 Å². The molecule has 0 atom stereocenters. The van der Waals surface area contributed by atoms with Crippen molar-refractivity contribution in [2.75, 3.05) is 18.0 Å². The summed E-state index contributed by atoms with van der Waals surface area (Å²) in [5.74, 6) is 0.844. The van der Waals surface area contributed by atoms with Crippen LogP contribution >= 0.6 is 0 Å². The Hall–Kier alpha value is -2.45. The quantitative estimate of drug-likeness (QED) is 0.857. The van der Waals surface area contributed by atoms with E-state index in [-0.39, 0.29) is 12.1 Å². The van der Waals surface area contributed by atoms with E-state index >= 15 is 0 Å². The molecular formula is C15H16F3N5O. The molecule has 9 heteroatoms. The fourth-order valence-corrected chi connectivity index (χ4v) is 2.52. The molecule has 0 N–H and O–H groups in total. The van der Waals surface area contributed by atoms with Crippen LogP contribution in [0.15, 0.2) is 24.7 Å². The number of aryl methyl sites for hydroxylation is 1. The molecule has 3 rings (SSSR count). The number of halogens is 3. The van der Waals surface area contributed by atoms with Gasteiger partial charge >= 0.3 is 12.2 Å². The zero-order valence-electron chi connectivity index (χ0n) is 13.0. The van der Waals surface area contributed by atoms with Crippen LogP contribution in [0, 0.1) is 6.92 Å². The second-order valence-electron chi connectivity index (χ2n) is 5.54. The summed E-state index contributed by atoms with van der Waals surface area (Å²) >= 11 is 0. The molecule has 1 fully saturated rings. The zero-order chi connectivity index (χ0) is 17.2. The highest BCUT2D eigenvalue weighted by Crippen LogP contribution is 2.28. The smallest absolute Gasteiger partial charge is 0.433 e. The highest BCUT2D eigenvalue weighted by molar-refractivity contribution is 5.39. The van der Waals surface area contributed by atoms with Gasteiger partial charge in [-0.1, -0.05) is 0 Å². The maximum absolute atomic E-state index is 12.7. The van der Waals surface area contributed by atoms with E-state index in [4.69, 9.17) is 4.74 Å². The number of rotatable bonds is 3. The lowest BCUT2D eigenvalue weighted by molar-refractivity contribution is -0.141. The van der Waals surface area contributed by atoms with Crippen molar-refractivity contribution in [2.45, 2.75) is 32.0 Å². The van der Waals surface area contributed by atoms with Gasteiger partial charge in [0.25, 0.3) is 0 Å². The van der Waals surface area contributed by atoms with Crippen LogP contribution in [0.1, 0.15) is 24.2 Å². The SMILES string of the molecule is Cc1cc(N2CCC(Oc3nccc(C(F)(F)F)n3)CC2)ncn1. The van der Waals surface area contributed by atoms with Crippen molar-refractivity contribution in [2.24, 2.45) is 0 Å². The van der Waals surface area contributed by atoms with Crippen molar-refractivity contribution >= 4 is 5.82 Å². The van der Waals surface area contributed by atoms with E-state index in [1.807, 2.05) is 13.0 Å². The average Bonchev–Trinajstić information content (AvgIpc) is 2.55. The summed E-state index contributed by atoms with van der Waals surface area (Å²) < 4.78 is 43.5. The van der Waals surface area contributed by atoms with Gasteiger partial charge in [-0.05, 0) is 13.0 Å². The van der Waals surface area contributed by atoms with Gasteiger partial charge < -0.3 is 9.64 Å². The maximum Gasteiger partial charge on any atom is 0.433 e. The third kappa shape index (κ3) is 3.90. The molecule has 0 radical (unpaired) electrons. The van der Waals surface area contributed by atoms with Crippen LogP contribution in [-0.2, 0) is 6.18 Å². The van der Waals surface area contributed by atoms with Crippen LogP contribution in [-0.4, -0.2) is 39.1 Å². The second-order valence-corrected chi connectivity index (χ2v) is 5.54. The Morgan fingerprint density at radius 3 is 2.58 bits per heavy atom. The molecule has 0 aromatic carbocycles. The Balaban J connectivity index is 1.60. The Kier molecular flexibility index (Phi) is 4.50. The van der Waals surface area contributed by atoms with Crippen LogP contribution in [0.3, 0.4) is 0 Å². The number of nitrogens with zero attached hydrogens (tertiary/aromatic N) is 5. The van der Waals surface area contributed by atoms with Crippen molar-refractivity contribution < 1.29 is 17.9 Å². The van der Waals surface area contributed by atoms with E-state index in [2.05, 4.69) is 24.8 Å². The fraction of sp³-hybridized carbons (Fsp3) is 0.467. The molecule has 0 bridgehead atoms. The van der Waals surface area contributed by atoms with Crippen molar-refractivity contribution in [1.29, 1.82) is 0 Å². The molecule has 0 unspecified atom stereocenters. The summed E-state index contributed by atoms with van der Waals surface area (Å²) in [6, 6.07) is 2.49. The summed E-state index contributed by atoms with van der Waals surface area (Å²) in [5, 5.41) is 0. The lowest BCUT2D eigenvalue weighted by Gasteiger charge is -2.32. The largest absolute Gasteiger partial charge is 0.460 e. The molecule has 24 heavy (non-hydrogen) atoms. The molecule has 2 aromatic rings. The Morgan fingerprint density at radius 1 is 1.17 bits per heavy atom. The third-order valence-electron chi connectivity index (χ3n) is 3.75. The first-order chi connectivity index (χ1) is 11.4. The maximum atomic E-state index is 12.7. The number of alkyl halides is 3. The molecule has 1 aliphatic heterocycles. The minimum Gasteiger partial charge on any atom is -0.460 e. The molecule has 0 aliphatic carbocycles. The summed E-state index contributed by atoms with van der Waals surface area (Å²) in [6.45, 7) is 3.28. The highest BCUT2D eigenvalue weighted by Gasteiger charge is 2.33. The van der Waals surface area contributed by atoms with Gasteiger partial charge in [0.05, 0.1) is 0 Å². The fourth-order valence-electron chi connectivity index (χ4n) is 2.52. The third-order valence-corrected chi connectivity index (χ3v) is 3.75. The average molecular weight is 339 g/mol. The second kappa shape index (κ2) is 6.58. The summed E-state index contributed by atoms with van der Waals surface area (Å²) in [4.78, 5) is 17.6.